The van der Waals surface area contributed by atoms with E-state index in [1.807, 2.05) is 4.90 Å². The first kappa shape index (κ1) is 17.7. The maximum absolute atomic E-state index is 13.1. The van der Waals surface area contributed by atoms with Crippen LogP contribution in [0.4, 0.5) is 0 Å². The molecule has 6 rings (SSSR count). The van der Waals surface area contributed by atoms with Crippen LogP contribution in [0, 0.1) is 23.2 Å². The second-order valence-corrected chi connectivity index (χ2v) is 9.93. The molecule has 1 aliphatic heterocycles. The molecule has 5 atom stereocenters. The van der Waals surface area contributed by atoms with Gasteiger partial charge in [0.05, 0.1) is 11.7 Å². The molecule has 4 aliphatic carbocycles. The number of nitrogens with zero attached hydrogens (tertiary/aromatic N) is 1. The van der Waals surface area contributed by atoms with Crippen molar-refractivity contribution < 1.29 is 15.0 Å². The minimum Gasteiger partial charge on any atom is -0.390 e. The van der Waals surface area contributed by atoms with Gasteiger partial charge in [-0.1, -0.05) is 36.8 Å². The Hall–Kier alpha value is -1.39. The van der Waals surface area contributed by atoms with Gasteiger partial charge in [0, 0.05) is 19.5 Å². The van der Waals surface area contributed by atoms with Gasteiger partial charge < -0.3 is 15.1 Å². The Morgan fingerprint density at radius 1 is 1.07 bits per heavy atom. The number of fused-ring (bicyclic) bond motifs is 1. The second kappa shape index (κ2) is 6.31. The lowest BCUT2D eigenvalue weighted by atomic mass is 9.49. The van der Waals surface area contributed by atoms with Crippen molar-refractivity contribution in [1.29, 1.82) is 0 Å². The van der Waals surface area contributed by atoms with Crippen molar-refractivity contribution in [2.45, 2.75) is 63.1 Å². The molecule has 1 amide bonds. The van der Waals surface area contributed by atoms with Gasteiger partial charge in [0.25, 0.3) is 0 Å². The summed E-state index contributed by atoms with van der Waals surface area (Å²) in [6.07, 6.45) is 7.38. The van der Waals surface area contributed by atoms with Gasteiger partial charge in [-0.25, -0.2) is 0 Å². The molecule has 4 saturated carbocycles. The molecule has 146 valence electrons. The molecule has 27 heavy (non-hydrogen) atoms. The van der Waals surface area contributed by atoms with E-state index in [-0.39, 0.29) is 17.4 Å². The molecule has 4 bridgehead atoms. The average Bonchev–Trinajstić information content (AvgIpc) is 2.78. The van der Waals surface area contributed by atoms with Gasteiger partial charge in [0.2, 0.25) is 5.91 Å². The number of likely N-dealkylation sites (tertiary alicyclic amines) is 1. The van der Waals surface area contributed by atoms with Crippen LogP contribution in [-0.4, -0.2) is 45.8 Å². The number of carbonyl (C=O) groups is 1. The Balaban J connectivity index is 1.49. The van der Waals surface area contributed by atoms with Crippen LogP contribution < -0.4 is 0 Å². The van der Waals surface area contributed by atoms with Gasteiger partial charge >= 0.3 is 0 Å². The first-order valence-electron chi connectivity index (χ1n) is 10.7. The average molecular weight is 370 g/mol. The Morgan fingerprint density at radius 3 is 2.56 bits per heavy atom. The molecule has 1 saturated heterocycles. The Labute approximate surface area is 161 Å². The third kappa shape index (κ3) is 3.01. The van der Waals surface area contributed by atoms with Crippen LogP contribution in [0.2, 0.25) is 0 Å². The van der Waals surface area contributed by atoms with Crippen molar-refractivity contribution in [3.05, 3.63) is 35.9 Å². The maximum Gasteiger partial charge on any atom is 0.223 e. The van der Waals surface area contributed by atoms with E-state index >= 15 is 0 Å². The molecular weight excluding hydrogens is 338 g/mol. The summed E-state index contributed by atoms with van der Waals surface area (Å²) in [5.74, 6) is 1.68. The molecule has 1 heterocycles. The van der Waals surface area contributed by atoms with Crippen LogP contribution in [0.25, 0.3) is 0 Å². The van der Waals surface area contributed by atoms with Gasteiger partial charge in [0.15, 0.2) is 0 Å². The summed E-state index contributed by atoms with van der Waals surface area (Å²) in [6, 6.07) is 10.6. The highest BCUT2D eigenvalue weighted by Crippen LogP contribution is 2.63. The fraction of sp³-hybridized carbons (Fsp3) is 0.696. The SMILES string of the molecule is O=C(C[C@]1(Cc2ccccc2)C2CCC3CC1C[C@@](O)(C3)C2)N1CC(O)C1. The monoisotopic (exact) mass is 369 g/mol. The van der Waals surface area contributed by atoms with Gasteiger partial charge in [-0.2, -0.15) is 0 Å². The Bertz CT molecular complexity index is 712. The maximum atomic E-state index is 13.1. The van der Waals surface area contributed by atoms with E-state index in [1.165, 1.54) is 18.4 Å². The Morgan fingerprint density at radius 2 is 1.81 bits per heavy atom. The largest absolute Gasteiger partial charge is 0.390 e. The normalized spacial score (nSPS) is 40.7. The highest BCUT2D eigenvalue weighted by Gasteiger charge is 2.59. The summed E-state index contributed by atoms with van der Waals surface area (Å²) in [5, 5.41) is 20.8. The lowest BCUT2D eigenvalue weighted by molar-refractivity contribution is -0.160. The van der Waals surface area contributed by atoms with Crippen LogP contribution in [0.3, 0.4) is 0 Å². The molecule has 2 N–H and O–H groups in total. The number of aliphatic hydroxyl groups is 2. The number of β-amino-alcohol motifs (C(OH)–C–C–N with tert-alkyl or cyclic N) is 1. The van der Waals surface area contributed by atoms with Crippen molar-refractivity contribution in [1.82, 2.24) is 4.90 Å². The van der Waals surface area contributed by atoms with E-state index in [0.29, 0.717) is 37.3 Å². The van der Waals surface area contributed by atoms with Crippen LogP contribution >= 0.6 is 0 Å². The van der Waals surface area contributed by atoms with Crippen molar-refractivity contribution >= 4 is 5.91 Å². The van der Waals surface area contributed by atoms with Crippen LogP contribution in [0.15, 0.2) is 30.3 Å². The third-order valence-corrected chi connectivity index (χ3v) is 8.16. The van der Waals surface area contributed by atoms with Crippen molar-refractivity contribution in [3.63, 3.8) is 0 Å². The summed E-state index contributed by atoms with van der Waals surface area (Å²) in [4.78, 5) is 14.9. The topological polar surface area (TPSA) is 60.8 Å². The van der Waals surface area contributed by atoms with Crippen molar-refractivity contribution in [2.24, 2.45) is 23.2 Å². The predicted octanol–water partition coefficient (Wildman–Crippen LogP) is 2.77. The molecule has 4 heteroatoms. The van der Waals surface area contributed by atoms with Gasteiger partial charge in [-0.3, -0.25) is 4.79 Å². The molecular formula is C23H31NO3. The zero-order chi connectivity index (χ0) is 18.6. The zero-order valence-electron chi connectivity index (χ0n) is 16.0. The van der Waals surface area contributed by atoms with E-state index < -0.39 is 5.60 Å². The molecule has 0 aromatic heterocycles. The van der Waals surface area contributed by atoms with E-state index in [0.717, 1.165) is 32.1 Å². The zero-order valence-corrected chi connectivity index (χ0v) is 16.0. The van der Waals surface area contributed by atoms with Gasteiger partial charge in [-0.15, -0.1) is 0 Å². The number of amides is 1. The molecule has 3 unspecified atom stereocenters. The molecule has 0 radical (unpaired) electrons. The fourth-order valence-electron chi connectivity index (χ4n) is 6.96. The minimum absolute atomic E-state index is 0.0413. The smallest absolute Gasteiger partial charge is 0.223 e. The van der Waals surface area contributed by atoms with Crippen LogP contribution in [0.5, 0.6) is 0 Å². The highest BCUT2D eigenvalue weighted by molar-refractivity contribution is 5.78. The first-order chi connectivity index (χ1) is 13.0. The molecule has 5 fully saturated rings. The number of rotatable bonds is 4. The number of carbonyl (C=O) groups excluding carboxylic acids is 1. The van der Waals surface area contributed by atoms with E-state index in [4.69, 9.17) is 0 Å². The number of benzene rings is 1. The fourth-order valence-corrected chi connectivity index (χ4v) is 6.96. The quantitative estimate of drug-likeness (QED) is 0.858. The minimum atomic E-state index is -0.495. The van der Waals surface area contributed by atoms with Crippen LogP contribution in [0.1, 0.15) is 50.5 Å². The summed E-state index contributed by atoms with van der Waals surface area (Å²) < 4.78 is 0. The summed E-state index contributed by atoms with van der Waals surface area (Å²) in [6.45, 7) is 0.976. The molecule has 0 spiro atoms. The second-order valence-electron chi connectivity index (χ2n) is 9.93. The summed E-state index contributed by atoms with van der Waals surface area (Å²) in [7, 11) is 0. The standard InChI is InChI=1S/C23H31NO3/c25-20-14-24(15-20)21(26)13-23(10-16-4-2-1-3-5-16)18-7-6-17-8-19(23)12-22(27,9-17)11-18/h1-5,17-20,25,27H,6-15H2/t17?,18?,19?,22-,23-/m1/s1. The number of hydrogen-bond donors (Lipinski definition) is 2. The third-order valence-electron chi connectivity index (χ3n) is 8.16. The number of hydrogen-bond acceptors (Lipinski definition) is 3. The first-order valence-corrected chi connectivity index (χ1v) is 10.7. The molecule has 5 aliphatic rings. The Kier molecular flexibility index (Phi) is 4.14. The summed E-state index contributed by atoms with van der Waals surface area (Å²) in [5.41, 5.74) is 0.777. The number of aliphatic hydroxyl groups excluding tert-OH is 1. The van der Waals surface area contributed by atoms with E-state index in [1.54, 1.807) is 0 Å². The van der Waals surface area contributed by atoms with Gasteiger partial charge in [-0.05, 0) is 67.3 Å². The molecule has 1 aromatic rings. The van der Waals surface area contributed by atoms with Crippen LogP contribution in [-0.2, 0) is 11.2 Å². The summed E-state index contributed by atoms with van der Waals surface area (Å²) >= 11 is 0. The lowest BCUT2D eigenvalue weighted by Crippen LogP contribution is -2.58. The van der Waals surface area contributed by atoms with Gasteiger partial charge in [0.1, 0.15) is 0 Å². The predicted molar refractivity (Wildman–Crippen MR) is 103 cm³/mol. The molecule has 4 nitrogen and oxygen atoms in total. The molecule has 1 aromatic carbocycles. The van der Waals surface area contributed by atoms with E-state index in [9.17, 15) is 15.0 Å². The van der Waals surface area contributed by atoms with Crippen molar-refractivity contribution in [2.75, 3.05) is 13.1 Å². The van der Waals surface area contributed by atoms with E-state index in [2.05, 4.69) is 30.3 Å². The highest BCUT2D eigenvalue weighted by atomic mass is 16.3. The lowest BCUT2D eigenvalue weighted by Gasteiger charge is -2.57. The van der Waals surface area contributed by atoms with Crippen molar-refractivity contribution in [3.8, 4) is 0 Å².